The molecule has 0 N–H and O–H groups in total. The van der Waals surface area contributed by atoms with Crippen LogP contribution in [-0.2, 0) is 20.9 Å². The third kappa shape index (κ3) is 2.55. The molecule has 6 heteroatoms. The van der Waals surface area contributed by atoms with Gasteiger partial charge in [-0.1, -0.05) is 0 Å². The van der Waals surface area contributed by atoms with Crippen LogP contribution in [0, 0.1) is 11.3 Å². The molecule has 1 aromatic rings. The van der Waals surface area contributed by atoms with Crippen LogP contribution < -0.4 is 0 Å². The van der Waals surface area contributed by atoms with E-state index in [-0.39, 0.29) is 11.3 Å². The largest absolute Gasteiger partial charge is 0.468 e. The minimum Gasteiger partial charge on any atom is -0.468 e. The molecule has 1 amide bonds. The summed E-state index contributed by atoms with van der Waals surface area (Å²) in [5.41, 5.74) is -0.0599. The van der Waals surface area contributed by atoms with E-state index in [4.69, 9.17) is 14.0 Å². The first-order valence-electron chi connectivity index (χ1n) is 8.01. The molecule has 0 bridgehead atoms. The van der Waals surface area contributed by atoms with Crippen LogP contribution in [0.15, 0.2) is 22.8 Å². The van der Waals surface area contributed by atoms with Crippen LogP contribution in [0.1, 0.15) is 18.6 Å². The molecule has 120 valence electrons. The molecule has 1 aromatic heterocycles. The van der Waals surface area contributed by atoms with Crippen molar-refractivity contribution in [2.24, 2.45) is 11.3 Å². The van der Waals surface area contributed by atoms with Gasteiger partial charge in [-0.2, -0.15) is 0 Å². The topological polar surface area (TPSA) is 55.2 Å². The Morgan fingerprint density at radius 1 is 1.45 bits per heavy atom. The molecule has 0 aliphatic carbocycles. The van der Waals surface area contributed by atoms with E-state index in [2.05, 4.69) is 4.90 Å². The number of rotatable bonds is 4. The number of furan rings is 1. The van der Waals surface area contributed by atoms with Crippen LogP contribution in [-0.4, -0.2) is 55.3 Å². The summed E-state index contributed by atoms with van der Waals surface area (Å²) < 4.78 is 11.1. The lowest BCUT2D eigenvalue weighted by molar-refractivity contribution is -0.171. The lowest BCUT2D eigenvalue weighted by Crippen LogP contribution is -2.38. The first-order chi connectivity index (χ1) is 10.8. The van der Waals surface area contributed by atoms with Crippen molar-refractivity contribution < 1.29 is 18.8 Å². The second kappa shape index (κ2) is 5.68. The first kappa shape index (κ1) is 14.2. The Balaban J connectivity index is 1.43. The van der Waals surface area contributed by atoms with Crippen molar-refractivity contribution in [3.05, 3.63) is 24.2 Å². The Morgan fingerprint density at radius 3 is 3.18 bits per heavy atom. The maximum atomic E-state index is 12.5. The van der Waals surface area contributed by atoms with Gasteiger partial charge in [0.15, 0.2) is 0 Å². The molecule has 22 heavy (non-hydrogen) atoms. The number of hydrogen-bond donors (Lipinski definition) is 0. The molecule has 3 saturated heterocycles. The fraction of sp³-hybridized carbons (Fsp3) is 0.688. The predicted octanol–water partition coefficient (Wildman–Crippen LogP) is 1.28. The van der Waals surface area contributed by atoms with Gasteiger partial charge in [0, 0.05) is 30.8 Å². The van der Waals surface area contributed by atoms with E-state index in [9.17, 15) is 4.79 Å². The summed E-state index contributed by atoms with van der Waals surface area (Å²) in [6.07, 6.45) is 3.16. The van der Waals surface area contributed by atoms with Crippen LogP contribution >= 0.6 is 0 Å². The van der Waals surface area contributed by atoms with Crippen molar-refractivity contribution in [2.75, 3.05) is 39.5 Å². The second-order valence-corrected chi connectivity index (χ2v) is 6.68. The van der Waals surface area contributed by atoms with E-state index >= 15 is 0 Å². The second-order valence-electron chi connectivity index (χ2n) is 6.68. The molecule has 0 aromatic carbocycles. The number of nitrogens with zero attached hydrogens (tertiary/aromatic N) is 2. The van der Waals surface area contributed by atoms with Crippen LogP contribution in [0.4, 0.5) is 0 Å². The first-order valence-corrected chi connectivity index (χ1v) is 8.01. The molecule has 4 heterocycles. The Labute approximate surface area is 129 Å². The van der Waals surface area contributed by atoms with Gasteiger partial charge in [0.25, 0.3) is 0 Å². The molecular formula is C16H22N2O4. The van der Waals surface area contributed by atoms with E-state index < -0.39 is 0 Å². The Morgan fingerprint density at radius 2 is 2.41 bits per heavy atom. The van der Waals surface area contributed by atoms with Crippen molar-refractivity contribution >= 4 is 5.91 Å². The molecule has 0 unspecified atom stereocenters. The lowest BCUT2D eigenvalue weighted by Gasteiger charge is -2.28. The Bertz CT molecular complexity index is 526. The minimum absolute atomic E-state index is 0.0599. The van der Waals surface area contributed by atoms with Gasteiger partial charge in [0.1, 0.15) is 5.76 Å². The molecule has 0 spiro atoms. The molecule has 3 aliphatic heterocycles. The fourth-order valence-electron chi connectivity index (χ4n) is 3.97. The van der Waals surface area contributed by atoms with Crippen LogP contribution in [0.25, 0.3) is 0 Å². The Hall–Kier alpha value is -1.37. The standard InChI is InChI=1S/C16H22N2O4/c19-15(18-4-2-6-22-18)7-16-11-17(8-13(16)10-20-12-16)9-14-3-1-5-21-14/h1,3,5,13H,2,4,6-12H2/t13-,16+/m1/s1. The van der Waals surface area contributed by atoms with Gasteiger partial charge in [0.2, 0.25) is 5.91 Å². The summed E-state index contributed by atoms with van der Waals surface area (Å²) in [5.74, 6) is 1.51. The normalized spacial score (nSPS) is 31.8. The summed E-state index contributed by atoms with van der Waals surface area (Å²) in [5, 5.41) is 1.54. The predicted molar refractivity (Wildman–Crippen MR) is 77.6 cm³/mol. The number of ether oxygens (including phenoxy) is 1. The molecule has 3 fully saturated rings. The number of carbonyl (C=O) groups is 1. The monoisotopic (exact) mass is 306 g/mol. The van der Waals surface area contributed by atoms with E-state index in [0.29, 0.717) is 25.6 Å². The van der Waals surface area contributed by atoms with Crippen molar-refractivity contribution in [1.29, 1.82) is 0 Å². The van der Waals surface area contributed by atoms with Gasteiger partial charge in [-0.3, -0.25) is 14.5 Å². The van der Waals surface area contributed by atoms with Gasteiger partial charge >= 0.3 is 0 Å². The van der Waals surface area contributed by atoms with Gasteiger partial charge in [-0.25, -0.2) is 5.06 Å². The average Bonchev–Trinajstić information content (AvgIpc) is 3.22. The average molecular weight is 306 g/mol. The van der Waals surface area contributed by atoms with E-state index in [1.807, 2.05) is 12.1 Å². The van der Waals surface area contributed by atoms with Crippen molar-refractivity contribution in [2.45, 2.75) is 19.4 Å². The summed E-state index contributed by atoms with van der Waals surface area (Å²) >= 11 is 0. The number of hydrogen-bond acceptors (Lipinski definition) is 5. The van der Waals surface area contributed by atoms with Gasteiger partial charge in [0.05, 0.1) is 39.2 Å². The zero-order valence-corrected chi connectivity index (χ0v) is 12.7. The van der Waals surface area contributed by atoms with Gasteiger partial charge in [-0.15, -0.1) is 0 Å². The highest BCUT2D eigenvalue weighted by molar-refractivity contribution is 5.76. The van der Waals surface area contributed by atoms with E-state index in [1.54, 1.807) is 11.3 Å². The third-order valence-corrected chi connectivity index (χ3v) is 5.09. The van der Waals surface area contributed by atoms with E-state index in [0.717, 1.165) is 45.0 Å². The number of carbonyl (C=O) groups excluding carboxylic acids is 1. The van der Waals surface area contributed by atoms with Crippen molar-refractivity contribution in [3.8, 4) is 0 Å². The van der Waals surface area contributed by atoms with Crippen LogP contribution in [0.2, 0.25) is 0 Å². The number of amides is 1. The summed E-state index contributed by atoms with van der Waals surface area (Å²) in [6, 6.07) is 3.92. The highest BCUT2D eigenvalue weighted by Crippen LogP contribution is 2.44. The smallest absolute Gasteiger partial charge is 0.246 e. The lowest BCUT2D eigenvalue weighted by atomic mass is 9.78. The zero-order valence-electron chi connectivity index (χ0n) is 12.7. The van der Waals surface area contributed by atoms with E-state index in [1.165, 1.54) is 0 Å². The number of hydroxylamine groups is 2. The molecule has 2 atom stereocenters. The highest BCUT2D eigenvalue weighted by Gasteiger charge is 2.52. The summed E-state index contributed by atoms with van der Waals surface area (Å²) in [7, 11) is 0. The SMILES string of the molecule is O=C(C[C@]12COC[C@H]1CN(Cc1ccco1)C2)N1CCCO1. The zero-order chi connectivity index (χ0) is 15.0. The van der Waals surface area contributed by atoms with Crippen LogP contribution in [0.3, 0.4) is 0 Å². The van der Waals surface area contributed by atoms with Crippen molar-refractivity contribution in [3.63, 3.8) is 0 Å². The summed E-state index contributed by atoms with van der Waals surface area (Å²) in [4.78, 5) is 20.2. The van der Waals surface area contributed by atoms with Crippen LogP contribution in [0.5, 0.6) is 0 Å². The minimum atomic E-state index is -0.0599. The molecule has 6 nitrogen and oxygen atoms in total. The molecule has 4 rings (SSSR count). The quantitative estimate of drug-likeness (QED) is 0.839. The van der Waals surface area contributed by atoms with Gasteiger partial charge in [-0.05, 0) is 18.6 Å². The summed E-state index contributed by atoms with van der Waals surface area (Å²) in [6.45, 7) is 5.46. The maximum absolute atomic E-state index is 12.5. The third-order valence-electron chi connectivity index (χ3n) is 5.09. The van der Waals surface area contributed by atoms with Gasteiger partial charge < -0.3 is 9.15 Å². The molecule has 0 radical (unpaired) electrons. The highest BCUT2D eigenvalue weighted by atomic mass is 16.7. The molecular weight excluding hydrogens is 284 g/mol. The number of likely N-dealkylation sites (tertiary alicyclic amines) is 1. The Kier molecular flexibility index (Phi) is 3.68. The molecule has 3 aliphatic rings. The maximum Gasteiger partial charge on any atom is 0.246 e. The molecule has 0 saturated carbocycles. The fourth-order valence-corrected chi connectivity index (χ4v) is 3.97. The van der Waals surface area contributed by atoms with Crippen molar-refractivity contribution in [1.82, 2.24) is 9.96 Å². The number of fused-ring (bicyclic) bond motifs is 1.